The molecule has 1 atom stereocenters. The summed E-state index contributed by atoms with van der Waals surface area (Å²) in [5, 5.41) is 3.40. The molecule has 0 spiro atoms. The van der Waals surface area contributed by atoms with Crippen LogP contribution in [0.5, 0.6) is 0 Å². The van der Waals surface area contributed by atoms with Crippen molar-refractivity contribution in [2.45, 2.75) is 45.1 Å². The van der Waals surface area contributed by atoms with Crippen LogP contribution in [0.2, 0.25) is 0 Å². The van der Waals surface area contributed by atoms with Crippen LogP contribution in [0.3, 0.4) is 0 Å². The predicted molar refractivity (Wildman–Crippen MR) is 79.1 cm³/mol. The van der Waals surface area contributed by atoms with E-state index in [0.717, 1.165) is 51.4 Å². The van der Waals surface area contributed by atoms with Gasteiger partial charge in [0.15, 0.2) is 9.84 Å². The van der Waals surface area contributed by atoms with Crippen molar-refractivity contribution in [3.8, 4) is 0 Å². The molecule has 0 aromatic carbocycles. The molecule has 2 fully saturated rings. The van der Waals surface area contributed by atoms with Crippen LogP contribution in [0.15, 0.2) is 0 Å². The second-order valence-electron chi connectivity index (χ2n) is 6.10. The molecule has 1 N–H and O–H groups in total. The van der Waals surface area contributed by atoms with Crippen LogP contribution >= 0.6 is 0 Å². The van der Waals surface area contributed by atoms with Crippen molar-refractivity contribution in [3.05, 3.63) is 0 Å². The third-order valence-electron chi connectivity index (χ3n) is 4.42. The summed E-state index contributed by atoms with van der Waals surface area (Å²) in [6.07, 6.45) is 5.49. The van der Waals surface area contributed by atoms with E-state index in [-0.39, 0.29) is 6.04 Å². The quantitative estimate of drug-likeness (QED) is 0.828. The minimum Gasteiger partial charge on any atom is -0.317 e. The van der Waals surface area contributed by atoms with Crippen LogP contribution in [0, 0.1) is 5.92 Å². The van der Waals surface area contributed by atoms with Gasteiger partial charge in [-0.05, 0) is 57.7 Å². The van der Waals surface area contributed by atoms with Crippen LogP contribution in [0.4, 0.5) is 0 Å². The van der Waals surface area contributed by atoms with Gasteiger partial charge in [-0.2, -0.15) is 0 Å². The lowest BCUT2D eigenvalue weighted by atomic mass is 9.96. The van der Waals surface area contributed by atoms with Crippen molar-refractivity contribution in [1.82, 2.24) is 10.2 Å². The number of nitrogens with one attached hydrogen (secondary N) is 1. The van der Waals surface area contributed by atoms with E-state index in [1.807, 2.05) is 0 Å². The van der Waals surface area contributed by atoms with Crippen LogP contribution in [-0.2, 0) is 9.84 Å². The second kappa shape index (κ2) is 7.04. The fourth-order valence-corrected chi connectivity index (χ4v) is 5.13. The molecule has 0 aromatic rings. The van der Waals surface area contributed by atoms with Crippen molar-refractivity contribution in [2.75, 3.05) is 37.7 Å². The molecule has 5 heteroatoms. The lowest BCUT2D eigenvalue weighted by molar-refractivity contribution is 0.153. The van der Waals surface area contributed by atoms with Crippen molar-refractivity contribution in [1.29, 1.82) is 0 Å². The molecule has 2 rings (SSSR count). The lowest BCUT2D eigenvalue weighted by Crippen LogP contribution is -2.47. The monoisotopic (exact) mass is 288 g/mol. The molecule has 0 aromatic heterocycles. The van der Waals surface area contributed by atoms with E-state index in [0.29, 0.717) is 11.5 Å². The molecule has 2 aliphatic rings. The Labute approximate surface area is 117 Å². The zero-order valence-corrected chi connectivity index (χ0v) is 12.9. The fourth-order valence-electron chi connectivity index (χ4n) is 3.39. The Morgan fingerprint density at radius 1 is 1.21 bits per heavy atom. The highest BCUT2D eigenvalue weighted by Crippen LogP contribution is 2.21. The standard InChI is InChI=1S/C14H28N2O2S/c1-2-9-16(11-13-5-7-15-8-6-13)14-4-3-10-19(17,18)12-14/h13-15H,2-12H2,1H3. The fraction of sp³-hybridized carbons (Fsp3) is 1.00. The zero-order chi connectivity index (χ0) is 13.7. The van der Waals surface area contributed by atoms with Gasteiger partial charge in [-0.1, -0.05) is 6.92 Å². The molecule has 0 aliphatic carbocycles. The maximum atomic E-state index is 11.8. The molecule has 0 bridgehead atoms. The molecular formula is C14H28N2O2S. The van der Waals surface area contributed by atoms with Gasteiger partial charge < -0.3 is 5.32 Å². The third-order valence-corrected chi connectivity index (χ3v) is 6.22. The Morgan fingerprint density at radius 2 is 1.95 bits per heavy atom. The van der Waals surface area contributed by atoms with Crippen LogP contribution in [0.25, 0.3) is 0 Å². The highest BCUT2D eigenvalue weighted by atomic mass is 32.2. The van der Waals surface area contributed by atoms with Crippen molar-refractivity contribution >= 4 is 9.84 Å². The second-order valence-corrected chi connectivity index (χ2v) is 8.33. The summed E-state index contributed by atoms with van der Waals surface area (Å²) < 4.78 is 23.7. The Bertz CT molecular complexity index is 364. The minimum atomic E-state index is -2.79. The first-order valence-corrected chi connectivity index (χ1v) is 9.58. The molecular weight excluding hydrogens is 260 g/mol. The number of hydrogen-bond acceptors (Lipinski definition) is 4. The van der Waals surface area contributed by atoms with Gasteiger partial charge in [0, 0.05) is 12.6 Å². The van der Waals surface area contributed by atoms with Gasteiger partial charge in [-0.15, -0.1) is 0 Å². The normalized spacial score (nSPS) is 28.6. The highest BCUT2D eigenvalue weighted by molar-refractivity contribution is 7.91. The smallest absolute Gasteiger partial charge is 0.151 e. The van der Waals surface area contributed by atoms with Gasteiger partial charge in [-0.3, -0.25) is 4.90 Å². The third kappa shape index (κ3) is 4.72. The Balaban J connectivity index is 1.94. The molecule has 112 valence electrons. The number of hydrogen-bond donors (Lipinski definition) is 1. The maximum absolute atomic E-state index is 11.8. The highest BCUT2D eigenvalue weighted by Gasteiger charge is 2.30. The molecule has 0 radical (unpaired) electrons. The van der Waals surface area contributed by atoms with Gasteiger partial charge in [0.25, 0.3) is 0 Å². The summed E-state index contributed by atoms with van der Waals surface area (Å²) >= 11 is 0. The van der Waals surface area contributed by atoms with E-state index >= 15 is 0 Å². The minimum absolute atomic E-state index is 0.272. The first-order valence-electron chi connectivity index (χ1n) is 7.76. The van der Waals surface area contributed by atoms with Gasteiger partial charge in [0.1, 0.15) is 0 Å². The SMILES string of the molecule is CCCN(CC1CCNCC1)C1CCCS(=O)(=O)C1. The predicted octanol–water partition coefficient (Wildman–Crippen LogP) is 1.28. The molecule has 0 saturated carbocycles. The van der Waals surface area contributed by atoms with Crippen LogP contribution in [-0.4, -0.2) is 57.0 Å². The number of piperidine rings is 1. The summed E-state index contributed by atoms with van der Waals surface area (Å²) in [4.78, 5) is 2.46. The van der Waals surface area contributed by atoms with Crippen LogP contribution in [0.1, 0.15) is 39.0 Å². The first kappa shape index (κ1) is 15.3. The summed E-state index contributed by atoms with van der Waals surface area (Å²) in [7, 11) is -2.79. The Morgan fingerprint density at radius 3 is 2.58 bits per heavy atom. The lowest BCUT2D eigenvalue weighted by Gasteiger charge is -2.37. The van der Waals surface area contributed by atoms with E-state index in [2.05, 4.69) is 17.1 Å². The van der Waals surface area contributed by atoms with E-state index in [1.54, 1.807) is 0 Å². The van der Waals surface area contributed by atoms with Crippen molar-refractivity contribution < 1.29 is 8.42 Å². The number of sulfone groups is 1. The van der Waals surface area contributed by atoms with Gasteiger partial charge >= 0.3 is 0 Å². The van der Waals surface area contributed by atoms with Crippen LogP contribution < -0.4 is 5.32 Å². The van der Waals surface area contributed by atoms with Crippen molar-refractivity contribution in [3.63, 3.8) is 0 Å². The Kier molecular flexibility index (Phi) is 5.66. The van der Waals surface area contributed by atoms with E-state index in [4.69, 9.17) is 0 Å². The average molecular weight is 288 g/mol. The maximum Gasteiger partial charge on any atom is 0.151 e. The first-order chi connectivity index (χ1) is 9.11. The number of nitrogens with zero attached hydrogens (tertiary/aromatic N) is 1. The molecule has 2 saturated heterocycles. The summed E-state index contributed by atoms with van der Waals surface area (Å²) in [6, 6.07) is 0.272. The molecule has 4 nitrogen and oxygen atoms in total. The zero-order valence-electron chi connectivity index (χ0n) is 12.1. The van der Waals surface area contributed by atoms with E-state index < -0.39 is 9.84 Å². The molecule has 0 amide bonds. The average Bonchev–Trinajstić information content (AvgIpc) is 2.38. The summed E-state index contributed by atoms with van der Waals surface area (Å²) in [5.74, 6) is 1.53. The summed E-state index contributed by atoms with van der Waals surface area (Å²) in [6.45, 7) is 6.56. The molecule has 2 heterocycles. The van der Waals surface area contributed by atoms with Gasteiger partial charge in [0.05, 0.1) is 11.5 Å². The van der Waals surface area contributed by atoms with Gasteiger partial charge in [0.2, 0.25) is 0 Å². The summed E-state index contributed by atoms with van der Waals surface area (Å²) in [5.41, 5.74) is 0. The largest absolute Gasteiger partial charge is 0.317 e. The molecule has 2 aliphatic heterocycles. The van der Waals surface area contributed by atoms with E-state index in [9.17, 15) is 8.42 Å². The topological polar surface area (TPSA) is 49.4 Å². The van der Waals surface area contributed by atoms with Crippen molar-refractivity contribution in [2.24, 2.45) is 5.92 Å². The van der Waals surface area contributed by atoms with Gasteiger partial charge in [-0.25, -0.2) is 8.42 Å². The number of rotatable bonds is 5. The molecule has 1 unspecified atom stereocenters. The van der Waals surface area contributed by atoms with E-state index in [1.165, 1.54) is 12.8 Å². The molecule has 19 heavy (non-hydrogen) atoms. The Hall–Kier alpha value is -0.130.